The van der Waals surface area contributed by atoms with Crippen LogP contribution in [0.5, 0.6) is 0 Å². The number of hydrogen-bond donors (Lipinski definition) is 1. The Hall–Kier alpha value is -0.900. The second-order valence-electron chi connectivity index (χ2n) is 4.40. The average molecular weight is 343 g/mol. The summed E-state index contributed by atoms with van der Waals surface area (Å²) < 4.78 is 14.4. The van der Waals surface area contributed by atoms with E-state index < -0.39 is 0 Å². The lowest BCUT2D eigenvalue weighted by Gasteiger charge is -2.14. The molecule has 0 aliphatic rings. The van der Waals surface area contributed by atoms with Gasteiger partial charge in [0, 0.05) is 17.1 Å². The van der Waals surface area contributed by atoms with Gasteiger partial charge in [-0.25, -0.2) is 4.39 Å². The van der Waals surface area contributed by atoms with Gasteiger partial charge in [0.25, 0.3) is 0 Å². The molecule has 0 aliphatic carbocycles. The molecular weight excluding hydrogens is 329 g/mol. The first-order chi connectivity index (χ1) is 9.06. The molecule has 1 N–H and O–H groups in total. The summed E-state index contributed by atoms with van der Waals surface area (Å²) in [5, 5.41) is 3.51. The summed E-state index contributed by atoms with van der Waals surface area (Å²) in [4.78, 5) is 0. The molecule has 0 saturated carbocycles. The monoisotopic (exact) mass is 341 g/mol. The molecule has 0 unspecified atom stereocenters. The maximum atomic E-state index is 13.3. The third kappa shape index (κ3) is 4.03. The molecule has 0 aliphatic heterocycles. The molecule has 0 saturated heterocycles. The largest absolute Gasteiger partial charge is 0.306 e. The Morgan fingerprint density at radius 1 is 1.21 bits per heavy atom. The van der Waals surface area contributed by atoms with Gasteiger partial charge in [-0.1, -0.05) is 45.7 Å². The topological polar surface area (TPSA) is 12.0 Å². The van der Waals surface area contributed by atoms with E-state index >= 15 is 0 Å². The van der Waals surface area contributed by atoms with Crippen molar-refractivity contribution in [2.45, 2.75) is 19.5 Å². The summed E-state index contributed by atoms with van der Waals surface area (Å²) >= 11 is 9.06. The maximum absolute atomic E-state index is 13.3. The van der Waals surface area contributed by atoms with Crippen LogP contribution >= 0.6 is 27.5 Å². The van der Waals surface area contributed by atoms with Gasteiger partial charge in [0.1, 0.15) is 5.82 Å². The zero-order chi connectivity index (χ0) is 13.8. The van der Waals surface area contributed by atoms with Crippen LogP contribution in [0, 0.1) is 5.82 Å². The predicted molar refractivity (Wildman–Crippen MR) is 80.8 cm³/mol. The number of benzene rings is 2. The molecule has 2 aromatic carbocycles. The van der Waals surface area contributed by atoms with Crippen molar-refractivity contribution in [1.82, 2.24) is 5.32 Å². The zero-order valence-corrected chi connectivity index (χ0v) is 12.8. The van der Waals surface area contributed by atoms with Crippen LogP contribution in [0.4, 0.5) is 4.39 Å². The molecule has 19 heavy (non-hydrogen) atoms. The van der Waals surface area contributed by atoms with E-state index in [1.807, 2.05) is 18.2 Å². The second kappa shape index (κ2) is 6.51. The molecule has 0 fully saturated rings. The van der Waals surface area contributed by atoms with E-state index in [2.05, 4.69) is 40.3 Å². The lowest BCUT2D eigenvalue weighted by Crippen LogP contribution is -2.18. The Kier molecular flexibility index (Phi) is 4.97. The van der Waals surface area contributed by atoms with Gasteiger partial charge in [-0.05, 0) is 42.3 Å². The average Bonchev–Trinajstić information content (AvgIpc) is 2.40. The minimum absolute atomic E-state index is 0.157. The molecule has 0 heterocycles. The Labute approximate surface area is 125 Å². The molecule has 0 amide bonds. The van der Waals surface area contributed by atoms with Crippen LogP contribution in [0.25, 0.3) is 0 Å². The van der Waals surface area contributed by atoms with Crippen molar-refractivity contribution in [3.05, 3.63) is 68.9 Å². The van der Waals surface area contributed by atoms with Crippen molar-refractivity contribution in [1.29, 1.82) is 0 Å². The predicted octanol–water partition coefficient (Wildman–Crippen LogP) is 5.09. The van der Waals surface area contributed by atoms with Crippen LogP contribution < -0.4 is 5.32 Å². The van der Waals surface area contributed by atoms with Gasteiger partial charge in [0.15, 0.2) is 0 Å². The van der Waals surface area contributed by atoms with E-state index in [1.165, 1.54) is 11.6 Å². The highest BCUT2D eigenvalue weighted by Crippen LogP contribution is 2.18. The molecule has 100 valence electrons. The molecular formula is C15H14BrClFN. The zero-order valence-electron chi connectivity index (χ0n) is 10.5. The lowest BCUT2D eigenvalue weighted by atomic mass is 10.1. The highest BCUT2D eigenvalue weighted by molar-refractivity contribution is 9.10. The van der Waals surface area contributed by atoms with Crippen molar-refractivity contribution in [2.24, 2.45) is 0 Å². The molecule has 0 spiro atoms. The van der Waals surface area contributed by atoms with Crippen LogP contribution in [-0.2, 0) is 6.54 Å². The molecule has 1 atom stereocenters. The minimum atomic E-state index is -0.378. The number of rotatable bonds is 4. The second-order valence-corrected chi connectivity index (χ2v) is 5.73. The van der Waals surface area contributed by atoms with Gasteiger partial charge in [-0.2, -0.15) is 0 Å². The fraction of sp³-hybridized carbons (Fsp3) is 0.200. The minimum Gasteiger partial charge on any atom is -0.306 e. The van der Waals surface area contributed by atoms with Crippen molar-refractivity contribution in [3.63, 3.8) is 0 Å². The van der Waals surface area contributed by atoms with Crippen molar-refractivity contribution in [2.75, 3.05) is 0 Å². The highest BCUT2D eigenvalue weighted by Gasteiger charge is 2.06. The van der Waals surface area contributed by atoms with Crippen LogP contribution in [0.3, 0.4) is 0 Å². The maximum Gasteiger partial charge on any atom is 0.142 e. The van der Waals surface area contributed by atoms with Gasteiger partial charge < -0.3 is 5.32 Å². The SMILES string of the molecule is C[C@H](NCc1ccc(Cl)c(F)c1)c1ccc(Br)cc1. The highest BCUT2D eigenvalue weighted by atomic mass is 79.9. The Balaban J connectivity index is 1.98. The standard InChI is InChI=1S/C15H14BrClFN/c1-10(12-3-5-13(16)6-4-12)19-9-11-2-7-14(17)15(18)8-11/h2-8,10,19H,9H2,1H3/t10-/m0/s1. The third-order valence-electron chi connectivity index (χ3n) is 2.97. The van der Waals surface area contributed by atoms with Crippen molar-refractivity contribution >= 4 is 27.5 Å². The van der Waals surface area contributed by atoms with E-state index in [0.717, 1.165) is 10.0 Å². The molecule has 2 rings (SSSR count). The summed E-state index contributed by atoms with van der Waals surface area (Å²) in [6.45, 7) is 2.68. The van der Waals surface area contributed by atoms with Crippen LogP contribution in [0.1, 0.15) is 24.1 Å². The van der Waals surface area contributed by atoms with Gasteiger partial charge in [-0.15, -0.1) is 0 Å². The normalized spacial score (nSPS) is 12.4. The first-order valence-electron chi connectivity index (χ1n) is 5.99. The molecule has 0 aromatic heterocycles. The summed E-state index contributed by atoms with van der Waals surface area (Å²) in [5.41, 5.74) is 2.07. The first-order valence-corrected chi connectivity index (χ1v) is 7.16. The van der Waals surface area contributed by atoms with E-state index in [4.69, 9.17) is 11.6 Å². The lowest BCUT2D eigenvalue weighted by molar-refractivity contribution is 0.569. The Morgan fingerprint density at radius 3 is 2.53 bits per heavy atom. The molecule has 0 bridgehead atoms. The van der Waals surface area contributed by atoms with Crippen LogP contribution in [0.15, 0.2) is 46.9 Å². The molecule has 2 aromatic rings. The van der Waals surface area contributed by atoms with Crippen molar-refractivity contribution < 1.29 is 4.39 Å². The van der Waals surface area contributed by atoms with Crippen molar-refractivity contribution in [3.8, 4) is 0 Å². The van der Waals surface area contributed by atoms with Crippen LogP contribution in [0.2, 0.25) is 5.02 Å². The van der Waals surface area contributed by atoms with E-state index in [-0.39, 0.29) is 16.9 Å². The summed E-state index contributed by atoms with van der Waals surface area (Å²) in [6, 6.07) is 13.2. The van der Waals surface area contributed by atoms with Gasteiger partial charge in [0.2, 0.25) is 0 Å². The molecule has 4 heteroatoms. The van der Waals surface area contributed by atoms with E-state index in [1.54, 1.807) is 6.07 Å². The quantitative estimate of drug-likeness (QED) is 0.816. The van der Waals surface area contributed by atoms with Crippen LogP contribution in [-0.4, -0.2) is 0 Å². The summed E-state index contributed by atoms with van der Waals surface area (Å²) in [5.74, 6) is -0.378. The number of hydrogen-bond acceptors (Lipinski definition) is 1. The Bertz CT molecular complexity index is 557. The fourth-order valence-corrected chi connectivity index (χ4v) is 2.17. The molecule has 1 nitrogen and oxygen atoms in total. The third-order valence-corrected chi connectivity index (χ3v) is 3.80. The summed E-state index contributed by atoms with van der Waals surface area (Å²) in [6.07, 6.45) is 0. The smallest absolute Gasteiger partial charge is 0.142 e. The Morgan fingerprint density at radius 2 is 1.89 bits per heavy atom. The first kappa shape index (κ1) is 14.5. The summed E-state index contributed by atoms with van der Waals surface area (Å²) in [7, 11) is 0. The van der Waals surface area contributed by atoms with E-state index in [0.29, 0.717) is 6.54 Å². The van der Waals surface area contributed by atoms with Gasteiger partial charge in [-0.3, -0.25) is 0 Å². The van der Waals surface area contributed by atoms with Gasteiger partial charge in [0.05, 0.1) is 5.02 Å². The number of nitrogens with one attached hydrogen (secondary N) is 1. The fourth-order valence-electron chi connectivity index (χ4n) is 1.79. The van der Waals surface area contributed by atoms with Gasteiger partial charge >= 0.3 is 0 Å². The number of halogens is 3. The van der Waals surface area contributed by atoms with E-state index in [9.17, 15) is 4.39 Å². The molecule has 0 radical (unpaired) electrons.